The van der Waals surface area contributed by atoms with Crippen LogP contribution in [0, 0.1) is 5.82 Å². The predicted molar refractivity (Wildman–Crippen MR) is 129 cm³/mol. The molecule has 2 atom stereocenters. The van der Waals surface area contributed by atoms with E-state index >= 15 is 4.39 Å². The average Bonchev–Trinajstić information content (AvgIpc) is 3.40. The molecule has 1 fully saturated rings. The molecule has 1 aliphatic rings. The minimum absolute atomic E-state index is 0.00651. The normalized spacial score (nSPS) is 19.6. The first-order chi connectivity index (χ1) is 17.6. The van der Waals surface area contributed by atoms with Gasteiger partial charge in [0, 0.05) is 43.4 Å². The third kappa shape index (κ3) is 5.09. The van der Waals surface area contributed by atoms with Crippen molar-refractivity contribution in [1.82, 2.24) is 24.5 Å². The van der Waals surface area contributed by atoms with E-state index in [0.29, 0.717) is 36.3 Å². The van der Waals surface area contributed by atoms with E-state index in [0.717, 1.165) is 0 Å². The minimum Gasteiger partial charge on any atom is -0.491 e. The Balaban J connectivity index is 1.56. The zero-order valence-corrected chi connectivity index (χ0v) is 20.3. The van der Waals surface area contributed by atoms with Crippen molar-refractivity contribution in [3.05, 3.63) is 54.0 Å². The van der Waals surface area contributed by atoms with Gasteiger partial charge in [0.25, 0.3) is 0 Å². The second-order valence-electron chi connectivity index (χ2n) is 9.55. The molecule has 0 amide bonds. The maximum Gasteiger partial charge on any atom is 0.408 e. The van der Waals surface area contributed by atoms with Crippen molar-refractivity contribution in [2.75, 3.05) is 33.4 Å². The molecule has 0 unspecified atom stereocenters. The number of pyridine rings is 2. The molecule has 0 spiro atoms. The van der Waals surface area contributed by atoms with Crippen molar-refractivity contribution >= 4 is 16.6 Å². The molecule has 5 rings (SSSR count). The highest BCUT2D eigenvalue weighted by Crippen LogP contribution is 2.41. The number of nitrogens with two attached hydrogens (primary N) is 1. The fraction of sp³-hybridized carbons (Fsp3) is 0.400. The molecule has 4 heterocycles. The van der Waals surface area contributed by atoms with Crippen LogP contribution in [-0.2, 0) is 4.74 Å². The molecule has 0 aliphatic carbocycles. The lowest BCUT2D eigenvalue weighted by Crippen LogP contribution is -2.43. The Morgan fingerprint density at radius 2 is 1.95 bits per heavy atom. The summed E-state index contributed by atoms with van der Waals surface area (Å²) in [6.07, 6.45) is -2.80. The van der Waals surface area contributed by atoms with Gasteiger partial charge in [-0.2, -0.15) is 13.2 Å². The van der Waals surface area contributed by atoms with Gasteiger partial charge in [-0.3, -0.25) is 9.30 Å². The van der Waals surface area contributed by atoms with Gasteiger partial charge >= 0.3 is 6.18 Å². The fourth-order valence-corrected chi connectivity index (χ4v) is 4.69. The second kappa shape index (κ2) is 9.51. The van der Waals surface area contributed by atoms with E-state index in [4.69, 9.17) is 15.2 Å². The maximum atomic E-state index is 15.1. The molecule has 3 aromatic heterocycles. The third-order valence-electron chi connectivity index (χ3n) is 6.46. The number of halogens is 4. The standard InChI is InChI=1S/C25H26F4N6O2/c1-24(30)7-8-34(14-24)22(25(27,28)29)16-4-6-20-32-33-23(35(20)13-16)21-18(26)11-15-3-5-17(12-19(15)31-21)37-10-9-36-2/h3-6,11-13,22H,7-10,14,30H2,1-2H3/t22-,24-/m0/s1. The molecule has 8 nitrogen and oxygen atoms in total. The average molecular weight is 519 g/mol. The number of hydrogen-bond acceptors (Lipinski definition) is 7. The Hall–Kier alpha value is -3.35. The number of alkyl halides is 3. The van der Waals surface area contributed by atoms with Gasteiger partial charge in [0.1, 0.15) is 24.1 Å². The first-order valence-corrected chi connectivity index (χ1v) is 11.7. The van der Waals surface area contributed by atoms with Gasteiger partial charge in [-0.15, -0.1) is 10.2 Å². The van der Waals surface area contributed by atoms with E-state index < -0.39 is 23.6 Å². The zero-order chi connectivity index (χ0) is 26.4. The van der Waals surface area contributed by atoms with Crippen molar-refractivity contribution < 1.29 is 27.0 Å². The van der Waals surface area contributed by atoms with E-state index in [2.05, 4.69) is 15.2 Å². The maximum absolute atomic E-state index is 15.1. The first-order valence-electron chi connectivity index (χ1n) is 11.7. The Bertz CT molecular complexity index is 1440. The molecule has 12 heteroatoms. The molecule has 1 aromatic carbocycles. The quantitative estimate of drug-likeness (QED) is 0.291. The Kier molecular flexibility index (Phi) is 6.50. The number of ether oxygens (including phenoxy) is 2. The first kappa shape index (κ1) is 25.3. The topological polar surface area (TPSA) is 90.8 Å². The molecule has 1 aliphatic heterocycles. The van der Waals surface area contributed by atoms with E-state index in [1.165, 1.54) is 33.7 Å². The number of likely N-dealkylation sites (tertiary alicyclic amines) is 1. The molecule has 1 saturated heterocycles. The van der Waals surface area contributed by atoms with Gasteiger partial charge in [-0.1, -0.05) is 6.07 Å². The Morgan fingerprint density at radius 1 is 1.14 bits per heavy atom. The molecule has 4 aromatic rings. The predicted octanol–water partition coefficient (Wildman–Crippen LogP) is 4.14. The van der Waals surface area contributed by atoms with Crippen LogP contribution in [0.1, 0.15) is 24.9 Å². The van der Waals surface area contributed by atoms with Crippen LogP contribution in [0.5, 0.6) is 5.75 Å². The molecule has 2 N–H and O–H groups in total. The summed E-state index contributed by atoms with van der Waals surface area (Å²) in [4.78, 5) is 5.74. The van der Waals surface area contributed by atoms with Crippen LogP contribution in [0.2, 0.25) is 0 Å². The number of rotatable bonds is 7. The van der Waals surface area contributed by atoms with Crippen LogP contribution in [0.25, 0.3) is 28.1 Å². The highest BCUT2D eigenvalue weighted by Gasteiger charge is 2.48. The highest BCUT2D eigenvalue weighted by atomic mass is 19.4. The van der Waals surface area contributed by atoms with Crippen molar-refractivity contribution in [1.29, 1.82) is 0 Å². The lowest BCUT2D eigenvalue weighted by atomic mass is 10.0. The van der Waals surface area contributed by atoms with Gasteiger partial charge < -0.3 is 15.2 Å². The molecular weight excluding hydrogens is 492 g/mol. The summed E-state index contributed by atoms with van der Waals surface area (Å²) in [5, 5.41) is 8.60. The van der Waals surface area contributed by atoms with Crippen LogP contribution in [-0.4, -0.2) is 69.6 Å². The minimum atomic E-state index is -4.55. The molecule has 0 radical (unpaired) electrons. The second-order valence-corrected chi connectivity index (χ2v) is 9.55. The Labute approximate surface area is 210 Å². The van der Waals surface area contributed by atoms with Gasteiger partial charge in [0.15, 0.2) is 17.3 Å². The molecular formula is C25H26F4N6O2. The van der Waals surface area contributed by atoms with Crippen molar-refractivity contribution in [3.63, 3.8) is 0 Å². The van der Waals surface area contributed by atoms with Gasteiger partial charge in [-0.25, -0.2) is 9.37 Å². The number of hydrogen-bond donors (Lipinski definition) is 1. The van der Waals surface area contributed by atoms with Gasteiger partial charge in [0.2, 0.25) is 0 Å². The molecule has 0 saturated carbocycles. The molecule has 37 heavy (non-hydrogen) atoms. The SMILES string of the molecule is COCCOc1ccc2cc(F)c(-c3nnc4ccc([C@H](N5CC[C@](C)(N)C5)C(F)(F)F)cn34)nc2c1. The number of benzene rings is 1. The van der Waals surface area contributed by atoms with Gasteiger partial charge in [0.05, 0.1) is 12.1 Å². The largest absolute Gasteiger partial charge is 0.491 e. The summed E-state index contributed by atoms with van der Waals surface area (Å²) in [6.45, 7) is 2.77. The van der Waals surface area contributed by atoms with Crippen molar-refractivity contribution in [3.8, 4) is 17.3 Å². The highest BCUT2D eigenvalue weighted by molar-refractivity contribution is 5.82. The van der Waals surface area contributed by atoms with Crippen LogP contribution < -0.4 is 10.5 Å². The monoisotopic (exact) mass is 518 g/mol. The summed E-state index contributed by atoms with van der Waals surface area (Å²) < 4.78 is 69.8. The summed E-state index contributed by atoms with van der Waals surface area (Å²) in [7, 11) is 1.56. The third-order valence-corrected chi connectivity index (χ3v) is 6.46. The number of aromatic nitrogens is 4. The van der Waals surface area contributed by atoms with Gasteiger partial charge in [-0.05, 0) is 43.2 Å². The lowest BCUT2D eigenvalue weighted by molar-refractivity contribution is -0.184. The van der Waals surface area contributed by atoms with E-state index in [9.17, 15) is 13.2 Å². The van der Waals surface area contributed by atoms with E-state index in [-0.39, 0.29) is 35.8 Å². The molecule has 196 valence electrons. The van der Waals surface area contributed by atoms with Crippen molar-refractivity contribution in [2.45, 2.75) is 31.1 Å². The Morgan fingerprint density at radius 3 is 2.65 bits per heavy atom. The van der Waals surface area contributed by atoms with Crippen LogP contribution in [0.3, 0.4) is 0 Å². The summed E-state index contributed by atoms with van der Waals surface area (Å²) in [6, 6.07) is 7.24. The van der Waals surface area contributed by atoms with Crippen LogP contribution >= 0.6 is 0 Å². The number of methoxy groups -OCH3 is 1. The van der Waals surface area contributed by atoms with Crippen molar-refractivity contribution in [2.24, 2.45) is 5.73 Å². The lowest BCUT2D eigenvalue weighted by Gasteiger charge is -2.31. The smallest absolute Gasteiger partial charge is 0.408 e. The summed E-state index contributed by atoms with van der Waals surface area (Å²) in [5.74, 6) is -0.160. The number of fused-ring (bicyclic) bond motifs is 2. The van der Waals surface area contributed by atoms with E-state index in [1.807, 2.05) is 0 Å². The van der Waals surface area contributed by atoms with E-state index in [1.54, 1.807) is 32.2 Å². The zero-order valence-electron chi connectivity index (χ0n) is 20.3. The number of nitrogens with zero attached hydrogens (tertiary/aromatic N) is 5. The van der Waals surface area contributed by atoms with Crippen LogP contribution in [0.15, 0.2) is 42.6 Å². The summed E-state index contributed by atoms with van der Waals surface area (Å²) in [5.41, 5.74) is 5.95. The molecule has 0 bridgehead atoms. The van der Waals surface area contributed by atoms with Crippen LogP contribution in [0.4, 0.5) is 17.6 Å². The summed E-state index contributed by atoms with van der Waals surface area (Å²) >= 11 is 0. The fourth-order valence-electron chi connectivity index (χ4n) is 4.69.